The molecule has 0 fully saturated rings. The minimum atomic E-state index is 0.280. The third kappa shape index (κ3) is 2.65. The molecule has 6 heteroatoms. The van der Waals surface area contributed by atoms with Gasteiger partial charge in [-0.15, -0.1) is 11.3 Å². The van der Waals surface area contributed by atoms with Crippen LogP contribution in [-0.2, 0) is 13.5 Å². The van der Waals surface area contributed by atoms with Gasteiger partial charge in [0.25, 0.3) is 0 Å². The molecule has 2 heterocycles. The minimum absolute atomic E-state index is 0.280. The fourth-order valence-electron chi connectivity index (χ4n) is 1.98. The van der Waals surface area contributed by atoms with Crippen molar-refractivity contribution in [3.63, 3.8) is 0 Å². The van der Waals surface area contributed by atoms with Gasteiger partial charge in [0.1, 0.15) is 0 Å². The summed E-state index contributed by atoms with van der Waals surface area (Å²) in [5, 5.41) is 8.88. The molecule has 0 saturated heterocycles. The normalized spacial score (nSPS) is 12.9. The standard InChI is InChI=1S/C12H17BrN4S/c1-7-12(13)10(17(4)16-7)5-9(14-3)11-6-15-8(2)18-11/h6,9,14H,5H2,1-4H3. The van der Waals surface area contributed by atoms with Gasteiger partial charge in [-0.05, 0) is 36.8 Å². The molecule has 4 nitrogen and oxygen atoms in total. The maximum absolute atomic E-state index is 4.43. The van der Waals surface area contributed by atoms with Crippen LogP contribution in [0.3, 0.4) is 0 Å². The Kier molecular flexibility index (Phi) is 4.19. The maximum Gasteiger partial charge on any atom is 0.0897 e. The molecule has 18 heavy (non-hydrogen) atoms. The largest absolute Gasteiger partial charge is 0.312 e. The summed E-state index contributed by atoms with van der Waals surface area (Å²) in [6, 6.07) is 0.280. The first-order valence-electron chi connectivity index (χ1n) is 5.80. The van der Waals surface area contributed by atoms with Crippen molar-refractivity contribution in [3.8, 4) is 0 Å². The van der Waals surface area contributed by atoms with Crippen LogP contribution in [0.2, 0.25) is 0 Å². The zero-order chi connectivity index (χ0) is 13.3. The summed E-state index contributed by atoms with van der Waals surface area (Å²) in [6.45, 7) is 4.05. The van der Waals surface area contributed by atoms with E-state index in [1.165, 1.54) is 10.6 Å². The van der Waals surface area contributed by atoms with Crippen LogP contribution >= 0.6 is 27.3 Å². The van der Waals surface area contributed by atoms with E-state index in [4.69, 9.17) is 0 Å². The molecule has 1 unspecified atom stereocenters. The number of nitrogens with zero attached hydrogens (tertiary/aromatic N) is 3. The Hall–Kier alpha value is -0.720. The van der Waals surface area contributed by atoms with E-state index < -0.39 is 0 Å². The van der Waals surface area contributed by atoms with E-state index in [1.807, 2.05) is 38.8 Å². The molecule has 0 radical (unpaired) electrons. The van der Waals surface area contributed by atoms with Gasteiger partial charge in [-0.25, -0.2) is 4.98 Å². The molecule has 2 aromatic heterocycles. The van der Waals surface area contributed by atoms with Gasteiger partial charge >= 0.3 is 0 Å². The summed E-state index contributed by atoms with van der Waals surface area (Å²) in [7, 11) is 3.97. The second kappa shape index (κ2) is 5.50. The summed E-state index contributed by atoms with van der Waals surface area (Å²) in [5.41, 5.74) is 2.24. The van der Waals surface area contributed by atoms with Crippen LogP contribution in [0, 0.1) is 13.8 Å². The second-order valence-electron chi connectivity index (χ2n) is 4.30. The summed E-state index contributed by atoms with van der Waals surface area (Å²) < 4.78 is 3.05. The summed E-state index contributed by atoms with van der Waals surface area (Å²) in [6.07, 6.45) is 2.86. The van der Waals surface area contributed by atoms with Gasteiger partial charge < -0.3 is 5.32 Å². The molecule has 1 atom stereocenters. The van der Waals surface area contributed by atoms with Gasteiger partial charge in [0.2, 0.25) is 0 Å². The van der Waals surface area contributed by atoms with Crippen molar-refractivity contribution >= 4 is 27.3 Å². The zero-order valence-electron chi connectivity index (χ0n) is 11.0. The lowest BCUT2D eigenvalue weighted by Crippen LogP contribution is -2.19. The van der Waals surface area contributed by atoms with Gasteiger partial charge in [-0.2, -0.15) is 5.10 Å². The SMILES string of the molecule is CNC(Cc1c(Br)c(C)nn1C)c1cnc(C)s1. The Morgan fingerprint density at radius 1 is 1.50 bits per heavy atom. The summed E-state index contributed by atoms with van der Waals surface area (Å²) >= 11 is 5.35. The Morgan fingerprint density at radius 2 is 2.22 bits per heavy atom. The molecule has 0 aliphatic carbocycles. The van der Waals surface area contributed by atoms with Crippen molar-refractivity contribution in [2.24, 2.45) is 7.05 Å². The highest BCUT2D eigenvalue weighted by atomic mass is 79.9. The topological polar surface area (TPSA) is 42.7 Å². The average molecular weight is 329 g/mol. The third-order valence-corrected chi connectivity index (χ3v) is 5.05. The fourth-order valence-corrected chi connectivity index (χ4v) is 3.37. The van der Waals surface area contributed by atoms with Crippen molar-refractivity contribution in [1.82, 2.24) is 20.1 Å². The fraction of sp³-hybridized carbons (Fsp3) is 0.500. The molecule has 2 rings (SSSR count). The molecule has 98 valence electrons. The number of aryl methyl sites for hydroxylation is 3. The lowest BCUT2D eigenvalue weighted by molar-refractivity contribution is 0.567. The number of rotatable bonds is 4. The van der Waals surface area contributed by atoms with Crippen LogP contribution in [0.25, 0.3) is 0 Å². The first kappa shape index (κ1) is 13.7. The summed E-state index contributed by atoms with van der Waals surface area (Å²) in [5.74, 6) is 0. The summed E-state index contributed by atoms with van der Waals surface area (Å²) in [4.78, 5) is 5.59. The van der Waals surface area contributed by atoms with E-state index in [2.05, 4.69) is 31.3 Å². The van der Waals surface area contributed by atoms with Crippen molar-refractivity contribution in [1.29, 1.82) is 0 Å². The second-order valence-corrected chi connectivity index (χ2v) is 6.36. The molecule has 0 amide bonds. The van der Waals surface area contributed by atoms with Gasteiger partial charge in [-0.1, -0.05) is 0 Å². The van der Waals surface area contributed by atoms with E-state index in [9.17, 15) is 0 Å². The molecule has 0 spiro atoms. The Labute approximate surface area is 120 Å². The minimum Gasteiger partial charge on any atom is -0.312 e. The molecule has 0 saturated carbocycles. The predicted octanol–water partition coefficient (Wildman–Crippen LogP) is 2.76. The Morgan fingerprint density at radius 3 is 2.67 bits per heavy atom. The first-order valence-corrected chi connectivity index (χ1v) is 7.41. The van der Waals surface area contributed by atoms with Crippen LogP contribution in [0.15, 0.2) is 10.7 Å². The third-order valence-electron chi connectivity index (χ3n) is 2.99. The van der Waals surface area contributed by atoms with Gasteiger partial charge in [-0.3, -0.25) is 4.68 Å². The van der Waals surface area contributed by atoms with Gasteiger partial charge in [0, 0.05) is 30.6 Å². The highest BCUT2D eigenvalue weighted by molar-refractivity contribution is 9.10. The van der Waals surface area contributed by atoms with Crippen LogP contribution < -0.4 is 5.32 Å². The van der Waals surface area contributed by atoms with E-state index in [-0.39, 0.29) is 6.04 Å². The molecule has 1 N–H and O–H groups in total. The molecule has 0 aliphatic heterocycles. The van der Waals surface area contributed by atoms with E-state index in [1.54, 1.807) is 11.3 Å². The van der Waals surface area contributed by atoms with Crippen molar-refractivity contribution in [2.75, 3.05) is 7.05 Å². The Bertz CT molecular complexity index is 546. The van der Waals surface area contributed by atoms with Crippen molar-refractivity contribution in [3.05, 3.63) is 31.9 Å². The lowest BCUT2D eigenvalue weighted by atomic mass is 10.1. The van der Waals surface area contributed by atoms with Crippen LogP contribution in [0.4, 0.5) is 0 Å². The Balaban J connectivity index is 2.25. The number of hydrogen-bond acceptors (Lipinski definition) is 4. The van der Waals surface area contributed by atoms with Gasteiger partial charge in [0.05, 0.1) is 20.9 Å². The van der Waals surface area contributed by atoms with E-state index >= 15 is 0 Å². The van der Waals surface area contributed by atoms with Crippen LogP contribution in [0.1, 0.15) is 27.3 Å². The molecule has 0 aromatic carbocycles. The first-order chi connectivity index (χ1) is 8.52. The highest BCUT2D eigenvalue weighted by Crippen LogP contribution is 2.28. The number of halogens is 1. The molecular weight excluding hydrogens is 312 g/mol. The monoisotopic (exact) mass is 328 g/mol. The van der Waals surface area contributed by atoms with Crippen molar-refractivity contribution < 1.29 is 0 Å². The smallest absolute Gasteiger partial charge is 0.0897 e. The van der Waals surface area contributed by atoms with Crippen LogP contribution in [-0.4, -0.2) is 21.8 Å². The predicted molar refractivity (Wildman–Crippen MR) is 78.0 cm³/mol. The molecule has 2 aromatic rings. The van der Waals surface area contributed by atoms with Crippen LogP contribution in [0.5, 0.6) is 0 Å². The molecular formula is C12H17BrN4S. The number of aromatic nitrogens is 3. The van der Waals surface area contributed by atoms with Gasteiger partial charge in [0.15, 0.2) is 0 Å². The van der Waals surface area contributed by atoms with E-state index in [0.29, 0.717) is 0 Å². The highest BCUT2D eigenvalue weighted by Gasteiger charge is 2.18. The number of thiazole rings is 1. The number of nitrogens with one attached hydrogen (secondary N) is 1. The van der Waals surface area contributed by atoms with Crippen molar-refractivity contribution in [2.45, 2.75) is 26.3 Å². The maximum atomic E-state index is 4.43. The number of hydrogen-bond donors (Lipinski definition) is 1. The molecule has 0 aliphatic rings. The quantitative estimate of drug-likeness (QED) is 0.938. The average Bonchev–Trinajstić information content (AvgIpc) is 2.84. The number of likely N-dealkylation sites (N-methyl/N-ethyl adjacent to an activating group) is 1. The lowest BCUT2D eigenvalue weighted by Gasteiger charge is -2.14. The zero-order valence-corrected chi connectivity index (χ0v) is 13.4. The van der Waals surface area contributed by atoms with E-state index in [0.717, 1.165) is 21.6 Å². The molecule has 0 bridgehead atoms.